The molecule has 1 spiro atoms. The Labute approximate surface area is 131 Å². The number of piperidine rings is 1. The van der Waals surface area contributed by atoms with Crippen LogP contribution >= 0.6 is 0 Å². The number of hydrogen-bond donors (Lipinski definition) is 1. The van der Waals surface area contributed by atoms with Gasteiger partial charge in [0.25, 0.3) is 0 Å². The SMILES string of the molecule is CO[C@H](C)[C@H](N)C(=O)N1CCC2(C=Cc3ccccc32)CC1. The van der Waals surface area contributed by atoms with Gasteiger partial charge in [-0.1, -0.05) is 36.4 Å². The number of allylic oxidation sites excluding steroid dienone is 1. The highest BCUT2D eigenvalue weighted by atomic mass is 16.5. The number of hydrogen-bond acceptors (Lipinski definition) is 3. The van der Waals surface area contributed by atoms with Crippen LogP contribution in [0, 0.1) is 0 Å². The summed E-state index contributed by atoms with van der Waals surface area (Å²) in [5.74, 6) is -0.000498. The van der Waals surface area contributed by atoms with Crippen molar-refractivity contribution >= 4 is 12.0 Å². The molecule has 4 heteroatoms. The Morgan fingerprint density at radius 1 is 1.32 bits per heavy atom. The minimum absolute atomic E-state index is 0.000498. The molecule has 118 valence electrons. The number of carbonyl (C=O) groups is 1. The van der Waals surface area contributed by atoms with E-state index in [1.165, 1.54) is 11.1 Å². The van der Waals surface area contributed by atoms with Crippen molar-refractivity contribution in [1.82, 2.24) is 4.90 Å². The lowest BCUT2D eigenvalue weighted by Crippen LogP contribution is -2.53. The van der Waals surface area contributed by atoms with Gasteiger partial charge in [-0.05, 0) is 30.9 Å². The van der Waals surface area contributed by atoms with Crippen molar-refractivity contribution in [2.75, 3.05) is 20.2 Å². The Morgan fingerprint density at radius 2 is 2.00 bits per heavy atom. The third-order valence-electron chi connectivity index (χ3n) is 5.21. The first-order valence-corrected chi connectivity index (χ1v) is 7.93. The summed E-state index contributed by atoms with van der Waals surface area (Å²) in [6.07, 6.45) is 6.19. The molecule has 0 bridgehead atoms. The van der Waals surface area contributed by atoms with E-state index in [0.717, 1.165) is 25.9 Å². The van der Waals surface area contributed by atoms with E-state index >= 15 is 0 Å². The average molecular weight is 300 g/mol. The number of nitrogens with two attached hydrogens (primary N) is 1. The van der Waals surface area contributed by atoms with E-state index in [0.29, 0.717) is 0 Å². The minimum atomic E-state index is -0.578. The lowest BCUT2D eigenvalue weighted by atomic mass is 9.74. The van der Waals surface area contributed by atoms with Gasteiger partial charge >= 0.3 is 0 Å². The van der Waals surface area contributed by atoms with Gasteiger partial charge in [0, 0.05) is 25.6 Å². The van der Waals surface area contributed by atoms with Gasteiger partial charge in [0.05, 0.1) is 6.10 Å². The third-order valence-corrected chi connectivity index (χ3v) is 5.21. The number of rotatable bonds is 3. The van der Waals surface area contributed by atoms with E-state index in [1.807, 2.05) is 11.8 Å². The van der Waals surface area contributed by atoms with E-state index in [4.69, 9.17) is 10.5 Å². The molecule has 4 nitrogen and oxygen atoms in total. The number of likely N-dealkylation sites (tertiary alicyclic amines) is 1. The van der Waals surface area contributed by atoms with Crippen LogP contribution in [0.1, 0.15) is 30.9 Å². The maximum absolute atomic E-state index is 12.5. The molecule has 0 unspecified atom stereocenters. The highest BCUT2D eigenvalue weighted by Gasteiger charge is 2.39. The summed E-state index contributed by atoms with van der Waals surface area (Å²) >= 11 is 0. The van der Waals surface area contributed by atoms with Gasteiger partial charge < -0.3 is 15.4 Å². The number of ether oxygens (including phenoxy) is 1. The fourth-order valence-corrected chi connectivity index (χ4v) is 3.56. The molecule has 1 amide bonds. The molecule has 2 atom stereocenters. The minimum Gasteiger partial charge on any atom is -0.380 e. The molecule has 1 saturated heterocycles. The van der Waals surface area contributed by atoms with E-state index in [1.54, 1.807) is 7.11 Å². The molecule has 1 aliphatic carbocycles. The van der Waals surface area contributed by atoms with Crippen LogP contribution in [0.2, 0.25) is 0 Å². The van der Waals surface area contributed by atoms with Gasteiger partial charge in [0.15, 0.2) is 0 Å². The van der Waals surface area contributed by atoms with Gasteiger partial charge in [0.1, 0.15) is 6.04 Å². The van der Waals surface area contributed by atoms with Gasteiger partial charge in [-0.2, -0.15) is 0 Å². The zero-order chi connectivity index (χ0) is 15.7. The lowest BCUT2D eigenvalue weighted by Gasteiger charge is -2.40. The summed E-state index contributed by atoms with van der Waals surface area (Å²) in [6.45, 7) is 3.34. The topological polar surface area (TPSA) is 55.6 Å². The molecule has 1 heterocycles. The molecule has 0 radical (unpaired) electrons. The monoisotopic (exact) mass is 300 g/mol. The summed E-state index contributed by atoms with van der Waals surface area (Å²) < 4.78 is 5.18. The number of nitrogens with zero attached hydrogens (tertiary/aromatic N) is 1. The fourth-order valence-electron chi connectivity index (χ4n) is 3.56. The Hall–Kier alpha value is -1.65. The van der Waals surface area contributed by atoms with Crippen LogP contribution in [0.15, 0.2) is 30.3 Å². The first-order valence-electron chi connectivity index (χ1n) is 7.93. The van der Waals surface area contributed by atoms with Crippen LogP contribution < -0.4 is 5.73 Å². The summed E-state index contributed by atoms with van der Waals surface area (Å²) in [4.78, 5) is 14.3. The maximum Gasteiger partial charge on any atom is 0.242 e. The molecule has 2 aliphatic rings. The van der Waals surface area contributed by atoms with Crippen molar-refractivity contribution in [3.63, 3.8) is 0 Å². The van der Waals surface area contributed by atoms with Crippen LogP contribution in [0.3, 0.4) is 0 Å². The normalized spacial score (nSPS) is 21.7. The molecular weight excluding hydrogens is 276 g/mol. The molecule has 1 fully saturated rings. The molecule has 0 aromatic heterocycles. The third kappa shape index (κ3) is 2.46. The standard InChI is InChI=1S/C18H24N2O2/c1-13(22-2)16(19)17(21)20-11-9-18(10-12-20)8-7-14-5-3-4-6-15(14)18/h3-8,13,16H,9-12,19H2,1-2H3/t13-,16+/m1/s1. The van der Waals surface area contributed by atoms with Gasteiger partial charge in [-0.3, -0.25) is 4.79 Å². The summed E-state index contributed by atoms with van der Waals surface area (Å²) in [6, 6.07) is 7.97. The van der Waals surface area contributed by atoms with Crippen molar-refractivity contribution in [1.29, 1.82) is 0 Å². The van der Waals surface area contributed by atoms with Crippen LogP contribution in [-0.4, -0.2) is 43.2 Å². The number of methoxy groups -OCH3 is 1. The van der Waals surface area contributed by atoms with E-state index in [-0.39, 0.29) is 17.4 Å². The van der Waals surface area contributed by atoms with Crippen LogP contribution in [0.25, 0.3) is 6.08 Å². The fraction of sp³-hybridized carbons (Fsp3) is 0.500. The summed E-state index contributed by atoms with van der Waals surface area (Å²) in [5.41, 5.74) is 8.81. The maximum atomic E-state index is 12.5. The molecule has 0 saturated carbocycles. The number of amides is 1. The largest absolute Gasteiger partial charge is 0.380 e. The Balaban J connectivity index is 1.69. The first kappa shape index (κ1) is 15.3. The zero-order valence-electron chi connectivity index (χ0n) is 13.3. The highest BCUT2D eigenvalue weighted by molar-refractivity contribution is 5.82. The second-order valence-electron chi connectivity index (χ2n) is 6.37. The number of fused-ring (bicyclic) bond motifs is 2. The Kier molecular flexibility index (Phi) is 4.06. The first-order chi connectivity index (χ1) is 10.6. The molecule has 1 aromatic carbocycles. The smallest absolute Gasteiger partial charge is 0.242 e. The average Bonchev–Trinajstić information content (AvgIpc) is 2.92. The second-order valence-corrected chi connectivity index (χ2v) is 6.37. The van der Waals surface area contributed by atoms with Crippen molar-refractivity contribution < 1.29 is 9.53 Å². The van der Waals surface area contributed by atoms with Gasteiger partial charge in [-0.25, -0.2) is 0 Å². The second kappa shape index (κ2) is 5.86. The molecule has 3 rings (SSSR count). The van der Waals surface area contributed by atoms with Crippen LogP contribution in [-0.2, 0) is 14.9 Å². The Morgan fingerprint density at radius 3 is 2.68 bits per heavy atom. The predicted molar refractivity (Wildman–Crippen MR) is 87.4 cm³/mol. The lowest BCUT2D eigenvalue weighted by molar-refractivity contribution is -0.136. The zero-order valence-corrected chi connectivity index (χ0v) is 13.3. The van der Waals surface area contributed by atoms with Crippen molar-refractivity contribution in [2.45, 2.75) is 37.3 Å². The van der Waals surface area contributed by atoms with Crippen molar-refractivity contribution in [3.8, 4) is 0 Å². The summed E-state index contributed by atoms with van der Waals surface area (Å²) in [5, 5.41) is 0. The highest BCUT2D eigenvalue weighted by Crippen LogP contribution is 2.43. The van der Waals surface area contributed by atoms with E-state index < -0.39 is 6.04 Å². The van der Waals surface area contributed by atoms with E-state index in [9.17, 15) is 4.79 Å². The molecule has 1 aromatic rings. The number of carbonyl (C=O) groups excluding carboxylic acids is 1. The van der Waals surface area contributed by atoms with E-state index in [2.05, 4.69) is 36.4 Å². The van der Waals surface area contributed by atoms with Crippen LogP contribution in [0.4, 0.5) is 0 Å². The molecular formula is C18H24N2O2. The van der Waals surface area contributed by atoms with Crippen LogP contribution in [0.5, 0.6) is 0 Å². The van der Waals surface area contributed by atoms with Gasteiger partial charge in [-0.15, -0.1) is 0 Å². The molecule has 1 aliphatic heterocycles. The number of benzene rings is 1. The summed E-state index contributed by atoms with van der Waals surface area (Å²) in [7, 11) is 1.59. The molecule has 22 heavy (non-hydrogen) atoms. The quantitative estimate of drug-likeness (QED) is 0.928. The molecule has 2 N–H and O–H groups in total. The predicted octanol–water partition coefficient (Wildman–Crippen LogP) is 1.94. The Bertz CT molecular complexity index is 589. The van der Waals surface area contributed by atoms with Crippen molar-refractivity contribution in [2.24, 2.45) is 5.73 Å². The van der Waals surface area contributed by atoms with Gasteiger partial charge in [0.2, 0.25) is 5.91 Å². The van der Waals surface area contributed by atoms with Crippen molar-refractivity contribution in [3.05, 3.63) is 41.5 Å².